The summed E-state index contributed by atoms with van der Waals surface area (Å²) in [7, 11) is 1.67. The number of carbonyl (C=O) groups is 1. The molecule has 0 radical (unpaired) electrons. The van der Waals surface area contributed by atoms with Gasteiger partial charge in [-0.3, -0.25) is 4.90 Å². The van der Waals surface area contributed by atoms with Crippen LogP contribution in [-0.2, 0) is 0 Å². The van der Waals surface area contributed by atoms with E-state index < -0.39 is 5.97 Å². The van der Waals surface area contributed by atoms with Crippen molar-refractivity contribution in [2.45, 2.75) is 6.42 Å². The lowest BCUT2D eigenvalue weighted by molar-refractivity contribution is 0.0690. The predicted molar refractivity (Wildman–Crippen MR) is 109 cm³/mol. The molecule has 2 aromatic rings. The van der Waals surface area contributed by atoms with Gasteiger partial charge in [-0.1, -0.05) is 11.6 Å². The molecular weight excluding hydrogens is 382 g/mol. The Bertz CT molecular complexity index is 812. The summed E-state index contributed by atoms with van der Waals surface area (Å²) in [6.45, 7) is 5.38. The van der Waals surface area contributed by atoms with Crippen LogP contribution in [0, 0.1) is 0 Å². The quantitative estimate of drug-likeness (QED) is 0.647. The Hall–Kier alpha value is -2.58. The highest BCUT2D eigenvalue weighted by molar-refractivity contribution is 6.30. The number of nitrogens with zero attached hydrogens (tertiary/aromatic N) is 4. The number of rotatable bonds is 8. The fraction of sp³-hybridized carbons (Fsp3) is 0.421. The molecule has 3 rings (SSSR count). The number of methoxy groups -OCH3 is 1. The van der Waals surface area contributed by atoms with Gasteiger partial charge in [-0.05, 0) is 37.2 Å². The van der Waals surface area contributed by atoms with Gasteiger partial charge in [-0.15, -0.1) is 0 Å². The summed E-state index contributed by atoms with van der Waals surface area (Å²) in [4.78, 5) is 23.6. The average Bonchev–Trinajstić information content (AvgIpc) is 2.72. The van der Waals surface area contributed by atoms with Crippen LogP contribution in [0.2, 0.25) is 5.02 Å². The molecule has 2 heterocycles. The first-order valence-electron chi connectivity index (χ1n) is 9.18. The molecule has 1 aliphatic heterocycles. The molecule has 0 bridgehead atoms. The van der Waals surface area contributed by atoms with Gasteiger partial charge in [0.1, 0.15) is 5.75 Å². The van der Waals surface area contributed by atoms with Crippen LogP contribution >= 0.6 is 11.6 Å². The molecule has 150 valence electrons. The van der Waals surface area contributed by atoms with Gasteiger partial charge in [0.05, 0.1) is 12.8 Å². The predicted octanol–water partition coefficient (Wildman–Crippen LogP) is 2.46. The lowest BCUT2D eigenvalue weighted by Crippen LogP contribution is -2.47. The molecule has 0 amide bonds. The Balaban J connectivity index is 1.42. The molecule has 2 N–H and O–H groups in total. The second-order valence-corrected chi connectivity index (χ2v) is 6.93. The minimum atomic E-state index is -1.06. The Kier molecular flexibility index (Phi) is 6.89. The van der Waals surface area contributed by atoms with Crippen molar-refractivity contribution in [3.63, 3.8) is 0 Å². The number of piperazine rings is 1. The van der Waals surface area contributed by atoms with Crippen molar-refractivity contribution < 1.29 is 14.6 Å². The maximum atomic E-state index is 10.9. The number of carboxylic acids is 1. The molecular formula is C19H24ClN5O3. The molecule has 0 saturated carbocycles. The van der Waals surface area contributed by atoms with E-state index in [4.69, 9.17) is 21.4 Å². The number of benzene rings is 1. The number of halogens is 1. The smallest absolute Gasteiger partial charge is 0.354 e. The van der Waals surface area contributed by atoms with Crippen LogP contribution in [-0.4, -0.2) is 72.3 Å². The highest BCUT2D eigenvalue weighted by Gasteiger charge is 2.19. The third kappa shape index (κ3) is 5.24. The van der Waals surface area contributed by atoms with E-state index in [0.717, 1.165) is 50.6 Å². The fourth-order valence-electron chi connectivity index (χ4n) is 3.19. The lowest BCUT2D eigenvalue weighted by atomic mass is 10.2. The number of hydrogen-bond donors (Lipinski definition) is 2. The largest absolute Gasteiger partial charge is 0.495 e. The molecule has 1 aromatic heterocycles. The number of nitrogens with one attached hydrogen (secondary N) is 1. The Morgan fingerprint density at radius 1 is 1.29 bits per heavy atom. The zero-order chi connectivity index (χ0) is 19.9. The first-order valence-corrected chi connectivity index (χ1v) is 9.55. The second kappa shape index (κ2) is 9.57. The maximum absolute atomic E-state index is 10.9. The van der Waals surface area contributed by atoms with E-state index in [0.29, 0.717) is 17.5 Å². The third-order valence-corrected chi connectivity index (χ3v) is 4.90. The minimum absolute atomic E-state index is 0.00920. The lowest BCUT2D eigenvalue weighted by Gasteiger charge is -2.36. The summed E-state index contributed by atoms with van der Waals surface area (Å²) in [6, 6.07) is 7.06. The summed E-state index contributed by atoms with van der Waals surface area (Å²) in [6.07, 6.45) is 2.36. The van der Waals surface area contributed by atoms with Crippen molar-refractivity contribution in [1.29, 1.82) is 0 Å². The van der Waals surface area contributed by atoms with Crippen LogP contribution in [0.1, 0.15) is 16.9 Å². The van der Waals surface area contributed by atoms with Gasteiger partial charge in [-0.2, -0.15) is 0 Å². The summed E-state index contributed by atoms with van der Waals surface area (Å²) < 4.78 is 5.45. The molecule has 1 aliphatic rings. The van der Waals surface area contributed by atoms with Crippen molar-refractivity contribution in [3.8, 4) is 5.75 Å². The number of aromatic carboxylic acids is 1. The molecule has 0 unspecified atom stereocenters. The maximum Gasteiger partial charge on any atom is 0.354 e. The molecule has 1 saturated heterocycles. The van der Waals surface area contributed by atoms with Gasteiger partial charge in [0.2, 0.25) is 5.95 Å². The van der Waals surface area contributed by atoms with Crippen LogP contribution in [0.15, 0.2) is 30.5 Å². The van der Waals surface area contributed by atoms with Crippen molar-refractivity contribution in [3.05, 3.63) is 41.2 Å². The molecule has 0 aliphatic carbocycles. The zero-order valence-corrected chi connectivity index (χ0v) is 16.5. The molecule has 1 fully saturated rings. The number of ether oxygens (including phenoxy) is 1. The van der Waals surface area contributed by atoms with Crippen LogP contribution in [0.5, 0.6) is 5.75 Å². The van der Waals surface area contributed by atoms with Gasteiger partial charge in [0.25, 0.3) is 0 Å². The van der Waals surface area contributed by atoms with E-state index in [-0.39, 0.29) is 5.69 Å². The molecule has 0 atom stereocenters. The van der Waals surface area contributed by atoms with Crippen LogP contribution in [0.3, 0.4) is 0 Å². The summed E-state index contributed by atoms with van der Waals surface area (Å²) >= 11 is 6.14. The average molecular weight is 406 g/mol. The van der Waals surface area contributed by atoms with Crippen LogP contribution in [0.4, 0.5) is 11.6 Å². The Morgan fingerprint density at radius 3 is 2.79 bits per heavy atom. The van der Waals surface area contributed by atoms with Gasteiger partial charge in [0.15, 0.2) is 5.69 Å². The van der Waals surface area contributed by atoms with E-state index >= 15 is 0 Å². The first kappa shape index (κ1) is 20.2. The highest BCUT2D eigenvalue weighted by Crippen LogP contribution is 2.31. The van der Waals surface area contributed by atoms with Crippen molar-refractivity contribution >= 4 is 29.2 Å². The number of aromatic nitrogens is 2. The first-order chi connectivity index (χ1) is 13.6. The summed E-state index contributed by atoms with van der Waals surface area (Å²) in [5, 5.41) is 12.7. The van der Waals surface area contributed by atoms with Crippen LogP contribution in [0.25, 0.3) is 0 Å². The monoisotopic (exact) mass is 405 g/mol. The van der Waals surface area contributed by atoms with E-state index in [1.54, 1.807) is 7.11 Å². The van der Waals surface area contributed by atoms with Crippen molar-refractivity contribution in [2.75, 3.05) is 56.6 Å². The molecule has 28 heavy (non-hydrogen) atoms. The van der Waals surface area contributed by atoms with Crippen LogP contribution < -0.4 is 15.0 Å². The Labute approximate surface area is 169 Å². The summed E-state index contributed by atoms with van der Waals surface area (Å²) in [5.74, 6) is 0.128. The van der Waals surface area contributed by atoms with Crippen molar-refractivity contribution in [2.24, 2.45) is 0 Å². The van der Waals surface area contributed by atoms with Gasteiger partial charge in [0, 0.05) is 43.9 Å². The van der Waals surface area contributed by atoms with E-state index in [1.165, 1.54) is 12.3 Å². The topological polar surface area (TPSA) is 90.8 Å². The Morgan fingerprint density at radius 2 is 2.07 bits per heavy atom. The number of carboxylic acid groups (broad SMARTS) is 1. The molecule has 8 nitrogen and oxygen atoms in total. The van der Waals surface area contributed by atoms with E-state index in [9.17, 15) is 4.79 Å². The number of anilines is 2. The van der Waals surface area contributed by atoms with Crippen molar-refractivity contribution in [1.82, 2.24) is 14.9 Å². The van der Waals surface area contributed by atoms with E-state index in [1.807, 2.05) is 18.2 Å². The normalized spacial score (nSPS) is 14.7. The van der Waals surface area contributed by atoms with Gasteiger partial charge >= 0.3 is 5.97 Å². The van der Waals surface area contributed by atoms with Gasteiger partial charge in [-0.25, -0.2) is 14.8 Å². The zero-order valence-electron chi connectivity index (χ0n) is 15.8. The highest BCUT2D eigenvalue weighted by atomic mass is 35.5. The van der Waals surface area contributed by atoms with Gasteiger partial charge < -0.3 is 20.1 Å². The minimum Gasteiger partial charge on any atom is -0.495 e. The molecule has 1 aromatic carbocycles. The number of hydrogen-bond acceptors (Lipinski definition) is 7. The SMILES string of the molecule is COc1ccc(Cl)cc1N1CCN(CCCNc2nccc(C(=O)O)n2)CC1. The third-order valence-electron chi connectivity index (χ3n) is 4.66. The second-order valence-electron chi connectivity index (χ2n) is 6.50. The van der Waals surface area contributed by atoms with E-state index in [2.05, 4.69) is 25.1 Å². The standard InChI is InChI=1S/C19H24ClN5O3/c1-28-17-4-3-14(20)13-16(17)25-11-9-24(10-12-25)8-2-6-21-19-22-7-5-15(23-19)18(26)27/h3-5,7,13H,2,6,8-12H2,1H3,(H,26,27)(H,21,22,23). The fourth-order valence-corrected chi connectivity index (χ4v) is 3.35. The molecule has 0 spiro atoms. The molecule has 9 heteroatoms. The summed E-state index contributed by atoms with van der Waals surface area (Å²) in [5.41, 5.74) is 1.02.